The summed E-state index contributed by atoms with van der Waals surface area (Å²) in [5.74, 6) is 1.15. The average Bonchev–Trinajstić information content (AvgIpc) is 3.37. The van der Waals surface area contributed by atoms with Crippen molar-refractivity contribution in [1.82, 2.24) is 0 Å². The van der Waals surface area contributed by atoms with Crippen LogP contribution in [-0.2, 0) is 14.3 Å². The van der Waals surface area contributed by atoms with Crippen LogP contribution in [0, 0.1) is 13.8 Å². The maximum Gasteiger partial charge on any atom is 0.306 e. The quantitative estimate of drug-likeness (QED) is 0.348. The second-order valence-corrected chi connectivity index (χ2v) is 11.1. The van der Waals surface area contributed by atoms with E-state index in [1.807, 2.05) is 24.3 Å². The van der Waals surface area contributed by atoms with Gasteiger partial charge in [-0.3, -0.25) is 4.79 Å². The molecule has 2 aromatic carbocycles. The highest BCUT2D eigenvalue weighted by molar-refractivity contribution is 5.73. The molecular weight excluding hydrogens is 507 g/mol. The minimum atomic E-state index is -0.493. The van der Waals surface area contributed by atoms with Gasteiger partial charge in [0.25, 0.3) is 0 Å². The molecule has 40 heavy (non-hydrogen) atoms. The number of benzene rings is 2. The SMILES string of the molecule is C=C1/C(F)=C\C=C(\c2c(C)cc(C3CCOCC3)cc2C)CCC[C@H]1Oc1ccc2c(c1)OC[C@H]2CC(=O)OC. The molecule has 0 bridgehead atoms. The van der Waals surface area contributed by atoms with Crippen molar-refractivity contribution in [2.75, 3.05) is 26.9 Å². The molecule has 1 saturated heterocycles. The normalized spacial score (nSPS) is 24.4. The summed E-state index contributed by atoms with van der Waals surface area (Å²) in [6, 6.07) is 10.2. The number of aryl methyl sites for hydroxylation is 2. The highest BCUT2D eigenvalue weighted by Gasteiger charge is 2.28. The molecule has 0 unspecified atom stereocenters. The summed E-state index contributed by atoms with van der Waals surface area (Å²) in [4.78, 5) is 11.7. The smallest absolute Gasteiger partial charge is 0.306 e. The lowest BCUT2D eigenvalue weighted by Crippen LogP contribution is -2.19. The predicted octanol–water partition coefficient (Wildman–Crippen LogP) is 7.66. The van der Waals surface area contributed by atoms with Crippen LogP contribution in [0.3, 0.4) is 0 Å². The van der Waals surface area contributed by atoms with E-state index in [2.05, 4.69) is 32.6 Å². The highest BCUT2D eigenvalue weighted by Crippen LogP contribution is 2.40. The van der Waals surface area contributed by atoms with E-state index in [0.29, 0.717) is 36.0 Å². The van der Waals surface area contributed by atoms with Crippen molar-refractivity contribution in [2.45, 2.75) is 70.3 Å². The largest absolute Gasteiger partial charge is 0.492 e. The Hall–Kier alpha value is -3.38. The third-order valence-corrected chi connectivity index (χ3v) is 8.39. The minimum absolute atomic E-state index is 0.0427. The molecule has 212 valence electrons. The van der Waals surface area contributed by atoms with E-state index in [1.54, 1.807) is 0 Å². The number of carbonyl (C=O) groups is 1. The van der Waals surface area contributed by atoms with E-state index < -0.39 is 6.10 Å². The van der Waals surface area contributed by atoms with Gasteiger partial charge in [0, 0.05) is 36.3 Å². The fourth-order valence-electron chi connectivity index (χ4n) is 6.23. The van der Waals surface area contributed by atoms with Crippen LogP contribution in [0.15, 0.2) is 60.5 Å². The molecule has 1 aliphatic carbocycles. The van der Waals surface area contributed by atoms with Gasteiger partial charge in [-0.25, -0.2) is 4.39 Å². The number of hydrogen-bond donors (Lipinski definition) is 0. The van der Waals surface area contributed by atoms with Gasteiger partial charge >= 0.3 is 5.97 Å². The Balaban J connectivity index is 1.29. The van der Waals surface area contributed by atoms with Crippen molar-refractivity contribution in [1.29, 1.82) is 0 Å². The van der Waals surface area contributed by atoms with Crippen LogP contribution in [-0.4, -0.2) is 39.0 Å². The van der Waals surface area contributed by atoms with Crippen molar-refractivity contribution >= 4 is 11.5 Å². The molecule has 0 radical (unpaired) electrons. The first-order valence-corrected chi connectivity index (χ1v) is 14.3. The van der Waals surface area contributed by atoms with E-state index in [-0.39, 0.29) is 24.1 Å². The summed E-state index contributed by atoms with van der Waals surface area (Å²) in [5, 5.41) is 0. The van der Waals surface area contributed by atoms with Gasteiger partial charge in [-0.15, -0.1) is 0 Å². The van der Waals surface area contributed by atoms with Gasteiger partial charge in [0.15, 0.2) is 0 Å². The summed E-state index contributed by atoms with van der Waals surface area (Å²) in [6.45, 7) is 10.4. The molecule has 1 fully saturated rings. The first-order valence-electron chi connectivity index (χ1n) is 14.3. The molecule has 5 rings (SSSR count). The van der Waals surface area contributed by atoms with Crippen LogP contribution in [0.25, 0.3) is 5.57 Å². The molecule has 0 spiro atoms. The second kappa shape index (κ2) is 12.4. The summed E-state index contributed by atoms with van der Waals surface area (Å²) in [6.07, 6.45) is 7.63. The summed E-state index contributed by atoms with van der Waals surface area (Å²) in [7, 11) is 1.39. The maximum absolute atomic E-state index is 15.3. The fourth-order valence-corrected chi connectivity index (χ4v) is 6.23. The fraction of sp³-hybridized carbons (Fsp3) is 0.441. The van der Waals surface area contributed by atoms with Crippen LogP contribution in [0.5, 0.6) is 11.5 Å². The third kappa shape index (κ3) is 6.17. The highest BCUT2D eigenvalue weighted by atomic mass is 19.1. The van der Waals surface area contributed by atoms with Crippen LogP contribution < -0.4 is 9.47 Å². The Bertz CT molecular complexity index is 1310. The van der Waals surface area contributed by atoms with Gasteiger partial charge in [0.05, 0.1) is 20.1 Å². The molecule has 0 N–H and O–H groups in total. The topological polar surface area (TPSA) is 54.0 Å². The monoisotopic (exact) mass is 546 g/mol. The zero-order chi connectivity index (χ0) is 28.2. The first kappa shape index (κ1) is 28.2. The van der Waals surface area contributed by atoms with Crippen LogP contribution in [0.2, 0.25) is 0 Å². The van der Waals surface area contributed by atoms with Gasteiger partial charge < -0.3 is 18.9 Å². The van der Waals surface area contributed by atoms with E-state index in [4.69, 9.17) is 18.9 Å². The molecule has 2 aromatic rings. The molecular formula is C34H39FO5. The van der Waals surface area contributed by atoms with E-state index in [1.165, 1.54) is 35.4 Å². The van der Waals surface area contributed by atoms with Gasteiger partial charge in [0.1, 0.15) is 23.4 Å². The van der Waals surface area contributed by atoms with E-state index in [0.717, 1.165) is 50.0 Å². The van der Waals surface area contributed by atoms with Crippen molar-refractivity contribution in [3.8, 4) is 11.5 Å². The number of fused-ring (bicyclic) bond motifs is 1. The Kier molecular flexibility index (Phi) is 8.75. The maximum atomic E-state index is 15.3. The average molecular weight is 547 g/mol. The first-order chi connectivity index (χ1) is 19.3. The van der Waals surface area contributed by atoms with Gasteiger partial charge in [-0.2, -0.15) is 0 Å². The van der Waals surface area contributed by atoms with Crippen molar-refractivity contribution in [2.24, 2.45) is 0 Å². The molecule has 0 amide bonds. The number of halogens is 1. The summed E-state index contributed by atoms with van der Waals surface area (Å²) < 4.78 is 37.8. The third-order valence-electron chi connectivity index (χ3n) is 8.39. The predicted molar refractivity (Wildman–Crippen MR) is 155 cm³/mol. The Labute approximate surface area is 236 Å². The zero-order valence-electron chi connectivity index (χ0n) is 23.8. The second-order valence-electron chi connectivity index (χ2n) is 11.1. The number of methoxy groups -OCH3 is 1. The number of esters is 1. The van der Waals surface area contributed by atoms with E-state index >= 15 is 4.39 Å². The molecule has 5 nitrogen and oxygen atoms in total. The van der Waals surface area contributed by atoms with Crippen LogP contribution in [0.4, 0.5) is 4.39 Å². The zero-order valence-corrected chi connectivity index (χ0v) is 23.8. The van der Waals surface area contributed by atoms with Crippen LogP contribution in [0.1, 0.15) is 78.2 Å². The molecule has 0 aromatic heterocycles. The lowest BCUT2D eigenvalue weighted by Gasteiger charge is -2.25. The van der Waals surface area contributed by atoms with Gasteiger partial charge in [-0.1, -0.05) is 30.9 Å². The number of ether oxygens (including phenoxy) is 4. The van der Waals surface area contributed by atoms with Crippen molar-refractivity contribution < 1.29 is 28.1 Å². The molecule has 2 atom stereocenters. The molecule has 2 aliphatic heterocycles. The van der Waals surface area contributed by atoms with Crippen molar-refractivity contribution in [3.05, 3.63) is 88.3 Å². The Morgan fingerprint density at radius 2 is 1.82 bits per heavy atom. The molecule has 3 aliphatic rings. The summed E-state index contributed by atoms with van der Waals surface area (Å²) >= 11 is 0. The lowest BCUT2D eigenvalue weighted by atomic mass is 9.85. The Morgan fingerprint density at radius 1 is 1.07 bits per heavy atom. The number of rotatable bonds is 6. The number of carbonyl (C=O) groups excluding carboxylic acids is 1. The number of allylic oxidation sites excluding steroid dienone is 3. The number of hydrogen-bond acceptors (Lipinski definition) is 5. The Morgan fingerprint density at radius 3 is 2.55 bits per heavy atom. The van der Waals surface area contributed by atoms with Crippen molar-refractivity contribution in [3.63, 3.8) is 0 Å². The lowest BCUT2D eigenvalue weighted by molar-refractivity contribution is -0.141. The van der Waals surface area contributed by atoms with Gasteiger partial charge in [-0.05, 0) is 91.8 Å². The molecule has 6 heteroatoms. The summed E-state index contributed by atoms with van der Waals surface area (Å²) in [5.41, 5.74) is 7.49. The van der Waals surface area contributed by atoms with Crippen LogP contribution >= 0.6 is 0 Å². The van der Waals surface area contributed by atoms with E-state index in [9.17, 15) is 4.79 Å². The molecule has 2 heterocycles. The minimum Gasteiger partial charge on any atom is -0.492 e. The van der Waals surface area contributed by atoms with Gasteiger partial charge in [0.2, 0.25) is 0 Å². The molecule has 0 saturated carbocycles. The standard InChI is InChI=1S/C34H39FO5/c1-21-16-26(24-12-14-38-15-13-24)17-22(2)34(21)25-6-5-7-31(23(3)30(35)11-8-25)40-28-9-10-29-27(18-33(36)37-4)20-39-32(29)19-28/h8-11,16-17,19,24,27,31H,3,5-7,12-15,18,20H2,1-2,4H3/b25-8+,30-11+/t27-,31-/m1/s1.